The summed E-state index contributed by atoms with van der Waals surface area (Å²) in [6.45, 7) is 2.92. The van der Waals surface area contributed by atoms with Crippen LogP contribution in [0.2, 0.25) is 5.02 Å². The third kappa shape index (κ3) is 3.42. The Morgan fingerprint density at radius 1 is 1.45 bits per heavy atom. The monoisotopic (exact) mass is 295 g/mol. The van der Waals surface area contributed by atoms with Crippen LogP contribution in [0.3, 0.4) is 0 Å². The van der Waals surface area contributed by atoms with Gasteiger partial charge in [-0.1, -0.05) is 31.4 Å². The van der Waals surface area contributed by atoms with Gasteiger partial charge in [0.15, 0.2) is 0 Å². The van der Waals surface area contributed by atoms with E-state index in [9.17, 15) is 4.79 Å². The molecule has 4 nitrogen and oxygen atoms in total. The number of nitrogens with zero attached hydrogens (tertiary/aromatic N) is 2. The molecule has 110 valence electrons. The number of amides is 1. The number of carbonyl (C=O) groups excluding carboxylic acids is 1. The molecule has 1 aromatic rings. The lowest BCUT2D eigenvalue weighted by Crippen LogP contribution is -2.35. The van der Waals surface area contributed by atoms with Crippen LogP contribution >= 0.6 is 11.6 Å². The van der Waals surface area contributed by atoms with Crippen LogP contribution in [-0.2, 0) is 0 Å². The number of nitrogens with one attached hydrogen (secondary N) is 1. The first-order valence-electron chi connectivity index (χ1n) is 7.31. The molecule has 1 amide bonds. The number of carbonyl (C=O) groups is 1. The van der Waals surface area contributed by atoms with Gasteiger partial charge in [-0.3, -0.25) is 4.79 Å². The van der Waals surface area contributed by atoms with Crippen LogP contribution in [0.5, 0.6) is 0 Å². The van der Waals surface area contributed by atoms with E-state index in [0.717, 1.165) is 25.8 Å². The standard InChI is InChI=1S/C15H22ClN3O/c1-3-10-17-13-9-8-12(16)14(18-13)15(20)19(2)11-6-4-5-7-11/h8-9,11H,3-7,10H2,1-2H3,(H,17,18). The summed E-state index contributed by atoms with van der Waals surface area (Å²) in [4.78, 5) is 18.7. The maximum absolute atomic E-state index is 12.5. The molecule has 5 heteroatoms. The normalized spacial score (nSPS) is 15.3. The Balaban J connectivity index is 2.15. The average Bonchev–Trinajstić information content (AvgIpc) is 2.99. The molecule has 0 atom stereocenters. The molecule has 0 radical (unpaired) electrons. The van der Waals surface area contributed by atoms with Gasteiger partial charge >= 0.3 is 0 Å². The Labute approximate surface area is 125 Å². The van der Waals surface area contributed by atoms with Gasteiger partial charge < -0.3 is 10.2 Å². The first-order valence-corrected chi connectivity index (χ1v) is 7.69. The minimum absolute atomic E-state index is 0.0814. The predicted octanol–water partition coefficient (Wildman–Crippen LogP) is 3.57. The molecular formula is C15H22ClN3O. The summed E-state index contributed by atoms with van der Waals surface area (Å²) in [7, 11) is 1.85. The number of rotatable bonds is 5. The van der Waals surface area contributed by atoms with Crippen LogP contribution in [0.1, 0.15) is 49.5 Å². The zero-order chi connectivity index (χ0) is 14.5. The number of aromatic nitrogens is 1. The van der Waals surface area contributed by atoms with Gasteiger partial charge in [-0.15, -0.1) is 0 Å². The Bertz CT molecular complexity index is 472. The fourth-order valence-corrected chi connectivity index (χ4v) is 2.75. The molecule has 0 saturated heterocycles. The molecule has 0 spiro atoms. The summed E-state index contributed by atoms with van der Waals surface area (Å²) >= 11 is 6.14. The summed E-state index contributed by atoms with van der Waals surface area (Å²) in [6, 6.07) is 3.87. The largest absolute Gasteiger partial charge is 0.370 e. The molecule has 1 saturated carbocycles. The van der Waals surface area contributed by atoms with E-state index in [1.165, 1.54) is 12.8 Å². The smallest absolute Gasteiger partial charge is 0.274 e. The summed E-state index contributed by atoms with van der Waals surface area (Å²) in [5, 5.41) is 3.60. The van der Waals surface area contributed by atoms with Crippen molar-refractivity contribution in [3.05, 3.63) is 22.8 Å². The van der Waals surface area contributed by atoms with Gasteiger partial charge in [-0.05, 0) is 31.4 Å². The van der Waals surface area contributed by atoms with Gasteiger partial charge in [0.05, 0.1) is 5.02 Å². The Hall–Kier alpha value is -1.29. The van der Waals surface area contributed by atoms with E-state index in [4.69, 9.17) is 11.6 Å². The highest BCUT2D eigenvalue weighted by atomic mass is 35.5. The van der Waals surface area contributed by atoms with Gasteiger partial charge in [0.2, 0.25) is 0 Å². The maximum Gasteiger partial charge on any atom is 0.274 e. The summed E-state index contributed by atoms with van der Waals surface area (Å²) in [5.74, 6) is 0.626. The minimum Gasteiger partial charge on any atom is -0.370 e. The van der Waals surface area contributed by atoms with Gasteiger partial charge in [-0.25, -0.2) is 4.98 Å². The van der Waals surface area contributed by atoms with Crippen molar-refractivity contribution in [3.8, 4) is 0 Å². The molecule has 1 aliphatic rings. The molecular weight excluding hydrogens is 274 g/mol. The van der Waals surface area contributed by atoms with Crippen molar-refractivity contribution in [1.29, 1.82) is 0 Å². The summed E-state index contributed by atoms with van der Waals surface area (Å²) in [6.07, 6.45) is 5.56. The molecule has 0 aliphatic heterocycles. The van der Waals surface area contributed by atoms with Crippen molar-refractivity contribution in [2.24, 2.45) is 0 Å². The van der Waals surface area contributed by atoms with Gasteiger partial charge in [0.25, 0.3) is 5.91 Å². The van der Waals surface area contributed by atoms with E-state index in [0.29, 0.717) is 22.6 Å². The molecule has 0 aromatic carbocycles. The van der Waals surface area contributed by atoms with Crippen molar-refractivity contribution in [2.45, 2.75) is 45.1 Å². The number of anilines is 1. The second-order valence-electron chi connectivity index (χ2n) is 5.31. The van der Waals surface area contributed by atoms with Gasteiger partial charge in [0, 0.05) is 19.6 Å². The van der Waals surface area contributed by atoms with Crippen LogP contribution in [0.15, 0.2) is 12.1 Å². The van der Waals surface area contributed by atoms with Gasteiger partial charge in [-0.2, -0.15) is 0 Å². The second-order valence-corrected chi connectivity index (χ2v) is 5.72. The Morgan fingerprint density at radius 3 is 2.80 bits per heavy atom. The Morgan fingerprint density at radius 2 is 2.15 bits per heavy atom. The topological polar surface area (TPSA) is 45.2 Å². The van der Waals surface area contributed by atoms with Crippen molar-refractivity contribution < 1.29 is 4.79 Å². The fourth-order valence-electron chi connectivity index (χ4n) is 2.57. The van der Waals surface area contributed by atoms with E-state index in [2.05, 4.69) is 17.2 Å². The van der Waals surface area contributed by atoms with Crippen LogP contribution in [0.25, 0.3) is 0 Å². The first-order chi connectivity index (χ1) is 9.63. The molecule has 1 heterocycles. The highest BCUT2D eigenvalue weighted by molar-refractivity contribution is 6.33. The van der Waals surface area contributed by atoms with Crippen LogP contribution in [0, 0.1) is 0 Å². The predicted molar refractivity (Wildman–Crippen MR) is 82.4 cm³/mol. The number of hydrogen-bond acceptors (Lipinski definition) is 3. The average molecular weight is 296 g/mol. The molecule has 2 rings (SSSR count). The fraction of sp³-hybridized carbons (Fsp3) is 0.600. The summed E-state index contributed by atoms with van der Waals surface area (Å²) in [5.41, 5.74) is 0.349. The van der Waals surface area contributed by atoms with E-state index in [1.54, 1.807) is 11.0 Å². The van der Waals surface area contributed by atoms with E-state index < -0.39 is 0 Å². The molecule has 1 fully saturated rings. The van der Waals surface area contributed by atoms with E-state index >= 15 is 0 Å². The highest BCUT2D eigenvalue weighted by Crippen LogP contribution is 2.25. The highest BCUT2D eigenvalue weighted by Gasteiger charge is 2.26. The van der Waals surface area contributed by atoms with Crippen LogP contribution in [0.4, 0.5) is 5.82 Å². The number of pyridine rings is 1. The first kappa shape index (κ1) is 15.1. The molecule has 0 unspecified atom stereocenters. The molecule has 1 aromatic heterocycles. The second kappa shape index (κ2) is 6.93. The third-order valence-electron chi connectivity index (χ3n) is 3.80. The lowest BCUT2D eigenvalue weighted by atomic mass is 10.2. The zero-order valence-electron chi connectivity index (χ0n) is 12.2. The molecule has 1 aliphatic carbocycles. The summed E-state index contributed by atoms with van der Waals surface area (Å²) < 4.78 is 0. The van der Waals surface area contributed by atoms with Crippen LogP contribution < -0.4 is 5.32 Å². The van der Waals surface area contributed by atoms with Crippen molar-refractivity contribution in [3.63, 3.8) is 0 Å². The quantitative estimate of drug-likeness (QED) is 0.903. The number of halogens is 1. The lowest BCUT2D eigenvalue weighted by molar-refractivity contribution is 0.0729. The Kier molecular flexibility index (Phi) is 5.24. The van der Waals surface area contributed by atoms with Crippen molar-refractivity contribution in [2.75, 3.05) is 18.9 Å². The van der Waals surface area contributed by atoms with Crippen LogP contribution in [-0.4, -0.2) is 35.4 Å². The molecule has 1 N–H and O–H groups in total. The van der Waals surface area contributed by atoms with Crippen molar-refractivity contribution >= 4 is 23.3 Å². The minimum atomic E-state index is -0.0814. The van der Waals surface area contributed by atoms with E-state index in [1.807, 2.05) is 13.1 Å². The van der Waals surface area contributed by atoms with Crippen molar-refractivity contribution in [1.82, 2.24) is 9.88 Å². The third-order valence-corrected chi connectivity index (χ3v) is 4.10. The maximum atomic E-state index is 12.5. The lowest BCUT2D eigenvalue weighted by Gasteiger charge is -2.24. The van der Waals surface area contributed by atoms with E-state index in [-0.39, 0.29) is 5.91 Å². The zero-order valence-corrected chi connectivity index (χ0v) is 12.9. The molecule has 0 bridgehead atoms. The SMILES string of the molecule is CCCNc1ccc(Cl)c(C(=O)N(C)C2CCCC2)n1. The molecule has 20 heavy (non-hydrogen) atoms. The number of hydrogen-bond donors (Lipinski definition) is 1. The van der Waals surface area contributed by atoms with Gasteiger partial charge in [0.1, 0.15) is 11.5 Å².